The van der Waals surface area contributed by atoms with Gasteiger partial charge < -0.3 is 15.1 Å². The van der Waals surface area contributed by atoms with E-state index in [9.17, 15) is 9.59 Å². The van der Waals surface area contributed by atoms with Gasteiger partial charge in [-0.2, -0.15) is 0 Å². The molecule has 1 N–H and O–H groups in total. The van der Waals surface area contributed by atoms with Crippen molar-refractivity contribution in [3.63, 3.8) is 0 Å². The highest BCUT2D eigenvalue weighted by atomic mass is 16.2. The van der Waals surface area contributed by atoms with E-state index in [1.54, 1.807) is 4.90 Å². The van der Waals surface area contributed by atoms with E-state index in [4.69, 9.17) is 0 Å². The van der Waals surface area contributed by atoms with E-state index >= 15 is 0 Å². The van der Waals surface area contributed by atoms with Crippen LogP contribution in [0.2, 0.25) is 0 Å². The molecule has 23 heavy (non-hydrogen) atoms. The van der Waals surface area contributed by atoms with Gasteiger partial charge in [0, 0.05) is 25.0 Å². The van der Waals surface area contributed by atoms with E-state index < -0.39 is 0 Å². The number of nitrogens with zero attached hydrogens (tertiary/aromatic N) is 2. The number of amides is 2. The minimum atomic E-state index is -0.360. The molecule has 0 spiro atoms. The highest BCUT2D eigenvalue weighted by Gasteiger charge is 2.36. The molecule has 0 saturated carbocycles. The summed E-state index contributed by atoms with van der Waals surface area (Å²) in [5.41, 5.74) is 0.928. The topological polar surface area (TPSA) is 52.7 Å². The fourth-order valence-corrected chi connectivity index (χ4v) is 2.56. The molecule has 1 aliphatic rings. The first-order valence-electron chi connectivity index (χ1n) is 8.10. The van der Waals surface area contributed by atoms with Crippen LogP contribution in [0.1, 0.15) is 32.3 Å². The maximum absolute atomic E-state index is 12.5. The second kappa shape index (κ2) is 7.13. The summed E-state index contributed by atoms with van der Waals surface area (Å²) in [5.74, 6) is 0.00239. The molecule has 0 radical (unpaired) electrons. The molecule has 1 unspecified atom stereocenters. The minimum absolute atomic E-state index is 0.0540. The Hall–Kier alpha value is -1.88. The van der Waals surface area contributed by atoms with Crippen LogP contribution in [0.4, 0.5) is 0 Å². The number of hydrogen-bond acceptors (Lipinski definition) is 3. The van der Waals surface area contributed by atoms with Gasteiger partial charge in [0.1, 0.15) is 6.04 Å². The Bertz CT molecular complexity index is 555. The van der Waals surface area contributed by atoms with Crippen molar-refractivity contribution >= 4 is 11.8 Å². The van der Waals surface area contributed by atoms with Crippen LogP contribution in [0.3, 0.4) is 0 Å². The Morgan fingerprint density at radius 1 is 1.30 bits per heavy atom. The highest BCUT2D eigenvalue weighted by Crippen LogP contribution is 2.22. The molecule has 1 fully saturated rings. The lowest BCUT2D eigenvalue weighted by atomic mass is 10.0. The number of benzene rings is 1. The lowest BCUT2D eigenvalue weighted by Crippen LogP contribution is -2.52. The number of likely N-dealkylation sites (N-methyl/N-ethyl adjacent to an activating group) is 1. The summed E-state index contributed by atoms with van der Waals surface area (Å²) in [6.45, 7) is 5.21. The average molecular weight is 317 g/mol. The molecule has 2 rings (SSSR count). The van der Waals surface area contributed by atoms with Crippen molar-refractivity contribution in [2.45, 2.75) is 44.8 Å². The Kier molecular flexibility index (Phi) is 5.42. The van der Waals surface area contributed by atoms with E-state index in [1.807, 2.05) is 44.4 Å². The predicted molar refractivity (Wildman–Crippen MR) is 90.8 cm³/mol. The van der Waals surface area contributed by atoms with Crippen molar-refractivity contribution < 1.29 is 9.59 Å². The smallest absolute Gasteiger partial charge is 0.242 e. The molecule has 1 aromatic rings. The van der Waals surface area contributed by atoms with Crippen LogP contribution >= 0.6 is 0 Å². The van der Waals surface area contributed by atoms with Crippen molar-refractivity contribution in [3.8, 4) is 0 Å². The number of likely N-dealkylation sites (tertiary alicyclic amines) is 1. The van der Waals surface area contributed by atoms with Crippen molar-refractivity contribution in [1.82, 2.24) is 15.1 Å². The van der Waals surface area contributed by atoms with Gasteiger partial charge in [-0.1, -0.05) is 30.3 Å². The van der Waals surface area contributed by atoms with Crippen molar-refractivity contribution in [2.24, 2.45) is 0 Å². The summed E-state index contributed by atoms with van der Waals surface area (Å²) in [5, 5.41) is 3.01. The Balaban J connectivity index is 2.00. The normalized spacial score (nSPS) is 18.6. The molecule has 2 amide bonds. The van der Waals surface area contributed by atoms with Gasteiger partial charge in [-0.25, -0.2) is 0 Å². The fourth-order valence-electron chi connectivity index (χ4n) is 2.56. The third kappa shape index (κ3) is 4.32. The quantitative estimate of drug-likeness (QED) is 0.868. The van der Waals surface area contributed by atoms with Gasteiger partial charge in [0.25, 0.3) is 0 Å². The molecule has 1 aromatic carbocycles. The van der Waals surface area contributed by atoms with E-state index in [-0.39, 0.29) is 23.4 Å². The molecule has 126 valence electrons. The molecule has 0 aliphatic carbocycles. The first kappa shape index (κ1) is 17.5. The Morgan fingerprint density at radius 2 is 1.96 bits per heavy atom. The molecule has 1 saturated heterocycles. The molecule has 0 bridgehead atoms. The summed E-state index contributed by atoms with van der Waals surface area (Å²) in [6.07, 6.45) is 1.04. The number of carbonyl (C=O) groups is 2. The van der Waals surface area contributed by atoms with Gasteiger partial charge in [0.05, 0.1) is 0 Å². The Morgan fingerprint density at radius 3 is 2.57 bits per heavy atom. The molecule has 0 aromatic heterocycles. The van der Waals surface area contributed by atoms with Crippen LogP contribution in [-0.4, -0.2) is 53.8 Å². The summed E-state index contributed by atoms with van der Waals surface area (Å²) in [4.78, 5) is 28.5. The van der Waals surface area contributed by atoms with E-state index in [1.165, 1.54) is 0 Å². The second-order valence-corrected chi connectivity index (χ2v) is 6.99. The van der Waals surface area contributed by atoms with Crippen LogP contribution in [0.15, 0.2) is 30.3 Å². The zero-order valence-electron chi connectivity index (χ0n) is 14.5. The maximum atomic E-state index is 12.5. The SMILES string of the molecule is CN(C)C(C)(C)CNC(=O)C1CCC(=O)N1Cc1ccccc1. The summed E-state index contributed by atoms with van der Waals surface area (Å²) in [7, 11) is 3.99. The van der Waals surface area contributed by atoms with Crippen molar-refractivity contribution in [3.05, 3.63) is 35.9 Å². The maximum Gasteiger partial charge on any atom is 0.242 e. The predicted octanol–water partition coefficient (Wildman–Crippen LogP) is 1.63. The largest absolute Gasteiger partial charge is 0.352 e. The lowest BCUT2D eigenvalue weighted by molar-refractivity contribution is -0.136. The molecule has 1 heterocycles. The van der Waals surface area contributed by atoms with Crippen LogP contribution in [0.5, 0.6) is 0 Å². The molecule has 5 nitrogen and oxygen atoms in total. The molecular formula is C18H27N3O2. The van der Waals surface area contributed by atoms with Gasteiger partial charge in [-0.3, -0.25) is 9.59 Å². The van der Waals surface area contributed by atoms with Gasteiger partial charge >= 0.3 is 0 Å². The molecule has 1 atom stereocenters. The minimum Gasteiger partial charge on any atom is -0.352 e. The molecule has 1 aliphatic heterocycles. The van der Waals surface area contributed by atoms with Gasteiger partial charge in [-0.05, 0) is 39.9 Å². The lowest BCUT2D eigenvalue weighted by Gasteiger charge is -2.33. The van der Waals surface area contributed by atoms with E-state index in [0.717, 1.165) is 5.56 Å². The van der Waals surface area contributed by atoms with Crippen LogP contribution < -0.4 is 5.32 Å². The summed E-state index contributed by atoms with van der Waals surface area (Å²) in [6, 6.07) is 9.45. The number of carbonyl (C=O) groups excluding carboxylic acids is 2. The van der Waals surface area contributed by atoms with Crippen LogP contribution in [0.25, 0.3) is 0 Å². The number of hydrogen-bond donors (Lipinski definition) is 1. The van der Waals surface area contributed by atoms with Gasteiger partial charge in [0.2, 0.25) is 11.8 Å². The molecule has 5 heteroatoms. The van der Waals surface area contributed by atoms with Crippen molar-refractivity contribution in [1.29, 1.82) is 0 Å². The average Bonchev–Trinajstić information content (AvgIpc) is 2.87. The standard InChI is InChI=1S/C18H27N3O2/c1-18(2,20(3)4)13-19-17(23)15-10-11-16(22)21(15)12-14-8-6-5-7-9-14/h5-9,15H,10-13H2,1-4H3,(H,19,23). The highest BCUT2D eigenvalue weighted by molar-refractivity contribution is 5.90. The van der Waals surface area contributed by atoms with Crippen LogP contribution in [-0.2, 0) is 16.1 Å². The molecular weight excluding hydrogens is 290 g/mol. The third-order valence-corrected chi connectivity index (χ3v) is 4.73. The monoisotopic (exact) mass is 317 g/mol. The van der Waals surface area contributed by atoms with E-state index in [2.05, 4.69) is 24.1 Å². The van der Waals surface area contributed by atoms with E-state index in [0.29, 0.717) is 25.9 Å². The van der Waals surface area contributed by atoms with Gasteiger partial charge in [-0.15, -0.1) is 0 Å². The zero-order valence-corrected chi connectivity index (χ0v) is 14.5. The zero-order chi connectivity index (χ0) is 17.0. The Labute approximate surface area is 138 Å². The third-order valence-electron chi connectivity index (χ3n) is 4.73. The second-order valence-electron chi connectivity index (χ2n) is 6.99. The summed E-state index contributed by atoms with van der Waals surface area (Å²) >= 11 is 0. The first-order chi connectivity index (χ1) is 10.8. The van der Waals surface area contributed by atoms with Crippen LogP contribution in [0, 0.1) is 0 Å². The van der Waals surface area contributed by atoms with Crippen molar-refractivity contribution in [2.75, 3.05) is 20.6 Å². The first-order valence-corrected chi connectivity index (χ1v) is 8.10. The summed E-state index contributed by atoms with van der Waals surface area (Å²) < 4.78 is 0. The number of nitrogens with one attached hydrogen (secondary N) is 1. The number of rotatable bonds is 6. The van der Waals surface area contributed by atoms with Gasteiger partial charge in [0.15, 0.2) is 0 Å². The fraction of sp³-hybridized carbons (Fsp3) is 0.556.